The topological polar surface area (TPSA) is 58.6 Å². The van der Waals surface area contributed by atoms with Crippen molar-refractivity contribution in [2.75, 3.05) is 12.4 Å². The summed E-state index contributed by atoms with van der Waals surface area (Å²) in [5, 5.41) is 11.8. The average molecular weight is 285 g/mol. The van der Waals surface area contributed by atoms with E-state index in [2.05, 4.69) is 5.32 Å². The Bertz CT molecular complexity index is 527. The molecule has 1 aliphatic rings. The molecule has 2 rings (SSSR count). The van der Waals surface area contributed by atoms with Gasteiger partial charge in [0, 0.05) is 0 Å². The number of aliphatic hydroxyl groups is 1. The van der Waals surface area contributed by atoms with Crippen molar-refractivity contribution in [3.8, 4) is 5.75 Å². The molecule has 0 atom stereocenters. The average Bonchev–Trinajstić information content (AvgIpc) is 2.37. The first-order chi connectivity index (χ1) is 9.30. The van der Waals surface area contributed by atoms with Crippen LogP contribution in [0.2, 0.25) is 0 Å². The van der Waals surface area contributed by atoms with Crippen LogP contribution in [-0.2, 0) is 4.79 Å². The Morgan fingerprint density at radius 3 is 2.60 bits per heavy atom. The van der Waals surface area contributed by atoms with Crippen LogP contribution in [0.1, 0.15) is 24.8 Å². The first-order valence-electron chi connectivity index (χ1n) is 6.36. The number of aryl methyl sites for hydroxylation is 1. The summed E-state index contributed by atoms with van der Waals surface area (Å²) in [4.78, 5) is 11.8. The molecule has 1 aromatic carbocycles. The zero-order valence-electron chi connectivity index (χ0n) is 11.4. The van der Waals surface area contributed by atoms with Crippen LogP contribution in [0.4, 0.5) is 14.5 Å². The van der Waals surface area contributed by atoms with Crippen molar-refractivity contribution in [1.82, 2.24) is 0 Å². The standard InChI is InChI=1S/C14H17F2NO3/c1-9-4-5-10(11(8-9)20-2)17-12(18)14(15,16)13(19)6-3-7-13/h4-5,8,19H,3,6-7H2,1-2H3,(H,17,18). The van der Waals surface area contributed by atoms with E-state index >= 15 is 0 Å². The second-order valence-corrected chi connectivity index (χ2v) is 5.12. The van der Waals surface area contributed by atoms with Gasteiger partial charge >= 0.3 is 5.92 Å². The molecule has 1 fully saturated rings. The van der Waals surface area contributed by atoms with Crippen molar-refractivity contribution in [2.45, 2.75) is 37.7 Å². The van der Waals surface area contributed by atoms with Gasteiger partial charge in [-0.3, -0.25) is 4.79 Å². The third kappa shape index (κ3) is 2.35. The van der Waals surface area contributed by atoms with Crippen LogP contribution < -0.4 is 10.1 Å². The van der Waals surface area contributed by atoms with Crippen LogP contribution >= 0.6 is 0 Å². The number of ether oxygens (including phenoxy) is 1. The maximum atomic E-state index is 13.9. The smallest absolute Gasteiger partial charge is 0.352 e. The highest BCUT2D eigenvalue weighted by Gasteiger charge is 2.61. The fourth-order valence-corrected chi connectivity index (χ4v) is 2.14. The van der Waals surface area contributed by atoms with Gasteiger partial charge in [-0.2, -0.15) is 8.78 Å². The van der Waals surface area contributed by atoms with Crippen LogP contribution in [0.15, 0.2) is 18.2 Å². The molecular weight excluding hydrogens is 268 g/mol. The minimum atomic E-state index is -3.82. The number of amides is 1. The summed E-state index contributed by atoms with van der Waals surface area (Å²) in [6, 6.07) is 4.80. The number of hydrogen-bond acceptors (Lipinski definition) is 3. The Labute approximate surface area is 115 Å². The lowest BCUT2D eigenvalue weighted by Gasteiger charge is -2.41. The number of anilines is 1. The highest BCUT2D eigenvalue weighted by atomic mass is 19.3. The van der Waals surface area contributed by atoms with E-state index in [1.807, 2.05) is 6.92 Å². The number of benzene rings is 1. The van der Waals surface area contributed by atoms with Gasteiger partial charge in [-0.25, -0.2) is 0 Å². The second-order valence-electron chi connectivity index (χ2n) is 5.12. The molecule has 110 valence electrons. The van der Waals surface area contributed by atoms with E-state index in [0.29, 0.717) is 12.2 Å². The fourth-order valence-electron chi connectivity index (χ4n) is 2.14. The normalized spacial score (nSPS) is 17.2. The zero-order chi connectivity index (χ0) is 15.0. The molecule has 4 nitrogen and oxygen atoms in total. The van der Waals surface area contributed by atoms with Gasteiger partial charge in [-0.05, 0) is 43.9 Å². The molecule has 2 N–H and O–H groups in total. The summed E-state index contributed by atoms with van der Waals surface area (Å²) in [5.41, 5.74) is -1.19. The first-order valence-corrected chi connectivity index (χ1v) is 6.36. The molecule has 20 heavy (non-hydrogen) atoms. The lowest BCUT2D eigenvalue weighted by molar-refractivity contribution is -0.212. The van der Waals surface area contributed by atoms with Crippen molar-refractivity contribution in [1.29, 1.82) is 0 Å². The van der Waals surface area contributed by atoms with Crippen LogP contribution in [-0.4, -0.2) is 29.6 Å². The Hall–Kier alpha value is -1.69. The Balaban J connectivity index is 2.19. The van der Waals surface area contributed by atoms with Gasteiger partial charge in [0.1, 0.15) is 11.4 Å². The summed E-state index contributed by atoms with van der Waals surface area (Å²) < 4.78 is 32.9. The monoisotopic (exact) mass is 285 g/mol. The highest BCUT2D eigenvalue weighted by molar-refractivity contribution is 5.98. The minimum Gasteiger partial charge on any atom is -0.495 e. The minimum absolute atomic E-state index is 0.0710. The zero-order valence-corrected chi connectivity index (χ0v) is 11.4. The third-order valence-electron chi connectivity index (χ3n) is 3.66. The van der Waals surface area contributed by atoms with E-state index in [1.165, 1.54) is 13.2 Å². The number of nitrogens with one attached hydrogen (secondary N) is 1. The second kappa shape index (κ2) is 5.01. The van der Waals surface area contributed by atoms with Crippen molar-refractivity contribution in [3.63, 3.8) is 0 Å². The van der Waals surface area contributed by atoms with Gasteiger partial charge in [-0.15, -0.1) is 0 Å². The Kier molecular flexibility index (Phi) is 3.69. The van der Waals surface area contributed by atoms with E-state index in [4.69, 9.17) is 4.74 Å². The Morgan fingerprint density at radius 2 is 2.10 bits per heavy atom. The number of alkyl halides is 2. The van der Waals surface area contributed by atoms with Crippen molar-refractivity contribution >= 4 is 11.6 Å². The van der Waals surface area contributed by atoms with Crippen molar-refractivity contribution < 1.29 is 23.4 Å². The van der Waals surface area contributed by atoms with Gasteiger partial charge in [0.15, 0.2) is 0 Å². The lowest BCUT2D eigenvalue weighted by atomic mass is 9.75. The predicted molar refractivity (Wildman–Crippen MR) is 70.1 cm³/mol. The SMILES string of the molecule is COc1cc(C)ccc1NC(=O)C(F)(F)C1(O)CCC1. The largest absolute Gasteiger partial charge is 0.495 e. The molecule has 1 saturated carbocycles. The molecular formula is C14H17F2NO3. The predicted octanol–water partition coefficient (Wildman–Crippen LogP) is 2.49. The van der Waals surface area contributed by atoms with Crippen LogP contribution in [0.3, 0.4) is 0 Å². The number of hydrogen-bond donors (Lipinski definition) is 2. The molecule has 0 spiro atoms. The summed E-state index contributed by atoms with van der Waals surface area (Å²) in [7, 11) is 1.39. The summed E-state index contributed by atoms with van der Waals surface area (Å²) in [6.45, 7) is 1.82. The molecule has 0 saturated heterocycles. The lowest BCUT2D eigenvalue weighted by Crippen LogP contribution is -2.59. The van der Waals surface area contributed by atoms with Crippen molar-refractivity contribution in [3.05, 3.63) is 23.8 Å². The van der Waals surface area contributed by atoms with E-state index in [-0.39, 0.29) is 18.5 Å². The maximum Gasteiger partial charge on any atom is 0.352 e. The number of halogens is 2. The van der Waals surface area contributed by atoms with Gasteiger partial charge in [0.25, 0.3) is 5.91 Å². The third-order valence-corrected chi connectivity index (χ3v) is 3.66. The quantitative estimate of drug-likeness (QED) is 0.893. The van der Waals surface area contributed by atoms with Crippen molar-refractivity contribution in [2.24, 2.45) is 0 Å². The molecule has 0 unspecified atom stereocenters. The number of carbonyl (C=O) groups is 1. The van der Waals surface area contributed by atoms with E-state index in [9.17, 15) is 18.7 Å². The maximum absolute atomic E-state index is 13.9. The summed E-state index contributed by atoms with van der Waals surface area (Å²) in [6.07, 6.45) is 0.351. The molecule has 0 aliphatic heterocycles. The Morgan fingerprint density at radius 1 is 1.45 bits per heavy atom. The molecule has 1 aromatic rings. The molecule has 6 heteroatoms. The molecule has 1 aliphatic carbocycles. The first kappa shape index (κ1) is 14.7. The van der Waals surface area contributed by atoms with Crippen LogP contribution in [0, 0.1) is 6.92 Å². The number of rotatable bonds is 4. The van der Waals surface area contributed by atoms with E-state index < -0.39 is 17.4 Å². The van der Waals surface area contributed by atoms with Crippen LogP contribution in [0.5, 0.6) is 5.75 Å². The summed E-state index contributed by atoms with van der Waals surface area (Å²) >= 11 is 0. The molecule has 0 heterocycles. The molecule has 0 radical (unpaired) electrons. The molecule has 0 aromatic heterocycles. The fraction of sp³-hybridized carbons (Fsp3) is 0.500. The number of carbonyl (C=O) groups excluding carboxylic acids is 1. The van der Waals surface area contributed by atoms with Gasteiger partial charge in [-0.1, -0.05) is 6.07 Å². The van der Waals surface area contributed by atoms with Gasteiger partial charge in [0.2, 0.25) is 0 Å². The van der Waals surface area contributed by atoms with E-state index in [1.54, 1.807) is 12.1 Å². The number of methoxy groups -OCH3 is 1. The van der Waals surface area contributed by atoms with E-state index in [0.717, 1.165) is 5.56 Å². The molecule has 1 amide bonds. The highest BCUT2D eigenvalue weighted by Crippen LogP contribution is 2.45. The van der Waals surface area contributed by atoms with Gasteiger partial charge in [0.05, 0.1) is 12.8 Å². The van der Waals surface area contributed by atoms with Gasteiger partial charge < -0.3 is 15.2 Å². The van der Waals surface area contributed by atoms with Crippen LogP contribution in [0.25, 0.3) is 0 Å². The summed E-state index contributed by atoms with van der Waals surface area (Å²) in [5.74, 6) is -5.03. The molecule has 0 bridgehead atoms.